The molecule has 254 valence electrons. The van der Waals surface area contributed by atoms with Crippen LogP contribution in [0.5, 0.6) is 5.75 Å². The molecule has 1 N–H and O–H groups in total. The summed E-state index contributed by atoms with van der Waals surface area (Å²) in [5, 5.41) is 12.3. The summed E-state index contributed by atoms with van der Waals surface area (Å²) in [5.74, 6) is -2.43. The number of aromatic nitrogens is 1. The van der Waals surface area contributed by atoms with E-state index in [0.717, 1.165) is 5.56 Å². The zero-order valence-corrected chi connectivity index (χ0v) is 28.0. The number of esters is 3. The number of fused-ring (bicyclic) bond motifs is 4. The fourth-order valence-electron chi connectivity index (χ4n) is 8.81. The highest BCUT2D eigenvalue weighted by molar-refractivity contribution is 5.89. The molecule has 48 heavy (non-hydrogen) atoms. The molecule has 11 heteroatoms. The van der Waals surface area contributed by atoms with Crippen molar-refractivity contribution < 1.29 is 42.9 Å². The zero-order valence-electron chi connectivity index (χ0n) is 28.0. The van der Waals surface area contributed by atoms with E-state index in [9.17, 15) is 24.3 Å². The van der Waals surface area contributed by atoms with E-state index in [1.807, 2.05) is 26.8 Å². The Morgan fingerprint density at radius 2 is 1.79 bits per heavy atom. The highest BCUT2D eigenvalue weighted by atomic mass is 16.6. The second-order valence-electron chi connectivity index (χ2n) is 14.1. The normalized spacial score (nSPS) is 32.0. The summed E-state index contributed by atoms with van der Waals surface area (Å²) in [7, 11) is 0. The van der Waals surface area contributed by atoms with Gasteiger partial charge in [0.25, 0.3) is 0 Å². The van der Waals surface area contributed by atoms with Gasteiger partial charge < -0.3 is 28.5 Å². The van der Waals surface area contributed by atoms with Crippen LogP contribution in [0.4, 0.5) is 0 Å². The molecule has 0 saturated heterocycles. The van der Waals surface area contributed by atoms with E-state index in [1.165, 1.54) is 13.8 Å². The molecule has 8 atom stereocenters. The van der Waals surface area contributed by atoms with Gasteiger partial charge in [0.1, 0.15) is 41.5 Å². The average molecular weight is 660 g/mol. The summed E-state index contributed by atoms with van der Waals surface area (Å²) in [4.78, 5) is 56.0. The molecule has 2 unspecified atom stereocenters. The van der Waals surface area contributed by atoms with Gasteiger partial charge >= 0.3 is 23.5 Å². The fourth-order valence-corrected chi connectivity index (χ4v) is 8.81. The number of carbonyl (C=O) groups is 3. The summed E-state index contributed by atoms with van der Waals surface area (Å²) < 4.78 is 30.3. The molecule has 0 radical (unpaired) electrons. The lowest BCUT2D eigenvalue weighted by Gasteiger charge is -2.66. The van der Waals surface area contributed by atoms with Gasteiger partial charge in [-0.2, -0.15) is 0 Å². The van der Waals surface area contributed by atoms with Crippen molar-refractivity contribution in [3.8, 4) is 17.1 Å². The molecule has 0 spiro atoms. The first-order chi connectivity index (χ1) is 22.7. The molecule has 3 aliphatic rings. The van der Waals surface area contributed by atoms with Gasteiger partial charge in [-0.1, -0.05) is 31.5 Å². The van der Waals surface area contributed by atoms with E-state index in [1.54, 1.807) is 55.7 Å². The van der Waals surface area contributed by atoms with Crippen LogP contribution >= 0.6 is 0 Å². The summed E-state index contributed by atoms with van der Waals surface area (Å²) >= 11 is 0. The van der Waals surface area contributed by atoms with E-state index in [2.05, 4.69) is 4.98 Å². The Kier molecular flexibility index (Phi) is 8.47. The third-order valence-corrected chi connectivity index (χ3v) is 10.9. The van der Waals surface area contributed by atoms with Crippen molar-refractivity contribution in [1.82, 2.24) is 4.98 Å². The lowest BCUT2D eigenvalue weighted by atomic mass is 9.42. The van der Waals surface area contributed by atoms with Crippen molar-refractivity contribution in [2.24, 2.45) is 22.7 Å². The van der Waals surface area contributed by atoms with E-state index in [4.69, 9.17) is 23.4 Å². The largest absolute Gasteiger partial charge is 0.482 e. The Morgan fingerprint density at radius 3 is 2.46 bits per heavy atom. The number of aliphatic hydroxyl groups is 1. The van der Waals surface area contributed by atoms with Gasteiger partial charge in [0, 0.05) is 49.2 Å². The van der Waals surface area contributed by atoms with E-state index >= 15 is 0 Å². The van der Waals surface area contributed by atoms with Gasteiger partial charge in [0.15, 0.2) is 0 Å². The van der Waals surface area contributed by atoms with Crippen LogP contribution in [-0.2, 0) is 23.8 Å². The van der Waals surface area contributed by atoms with E-state index in [0.29, 0.717) is 24.0 Å². The van der Waals surface area contributed by atoms with Gasteiger partial charge in [0.2, 0.25) is 0 Å². The van der Waals surface area contributed by atoms with Crippen molar-refractivity contribution in [3.63, 3.8) is 0 Å². The van der Waals surface area contributed by atoms with Crippen molar-refractivity contribution in [2.45, 2.75) is 84.7 Å². The minimum atomic E-state index is -1.38. The standard InChI is InChI=1S/C37H41NO10/c1-20-9-7-10-23(15-20)33(42)47-29-17-27-35(4,13-12-28(45-22(3)40)36(27,5)19-44-21(2)39)32-31(41)30-26(48-37(29,32)6)16-25(46-34(30)43)24-11-8-14-38-18-24/h7-11,14-16,18,27-29,31-32,41H,12-13,17,19H2,1-6H3/t27?,28-,29-,31-,32?,35-,36+,37+/m0/s1. The van der Waals surface area contributed by atoms with Crippen LogP contribution < -0.4 is 10.4 Å². The SMILES string of the molecule is CC(=O)OC[C@]1(C)C2C[C@H](OC(=O)c3cccc(C)c3)[C@@]3(C)Oc4cc(-c5cccnc5)oc(=O)c4[C@H](O)C3[C@@]2(C)CC[C@@H]1OC(C)=O. The number of hydrogen-bond acceptors (Lipinski definition) is 11. The molecule has 1 aliphatic heterocycles. The lowest BCUT2D eigenvalue weighted by Crippen LogP contribution is -2.71. The van der Waals surface area contributed by atoms with Crippen LogP contribution in [0.25, 0.3) is 11.3 Å². The Morgan fingerprint density at radius 1 is 1.02 bits per heavy atom. The van der Waals surface area contributed by atoms with Gasteiger partial charge in [0.05, 0.1) is 11.7 Å². The van der Waals surface area contributed by atoms with Gasteiger partial charge in [-0.05, 0) is 68.7 Å². The number of hydrogen-bond donors (Lipinski definition) is 1. The topological polar surface area (TPSA) is 151 Å². The third kappa shape index (κ3) is 5.57. The number of aliphatic hydroxyl groups excluding tert-OH is 1. The molecule has 0 bridgehead atoms. The second kappa shape index (κ2) is 12.2. The van der Waals surface area contributed by atoms with E-state index < -0.39 is 70.1 Å². The zero-order chi connectivity index (χ0) is 34.6. The molecule has 6 rings (SSSR count). The summed E-state index contributed by atoms with van der Waals surface area (Å²) in [6.45, 7) is 10.2. The summed E-state index contributed by atoms with van der Waals surface area (Å²) in [6.07, 6.45) is 1.30. The first kappa shape index (κ1) is 33.4. The number of benzene rings is 1. The first-order valence-electron chi connectivity index (χ1n) is 16.2. The quantitative estimate of drug-likeness (QED) is 0.269. The maximum Gasteiger partial charge on any atom is 0.345 e. The number of pyridine rings is 1. The van der Waals surface area contributed by atoms with Crippen LogP contribution in [0.3, 0.4) is 0 Å². The number of ether oxygens (including phenoxy) is 4. The molecular weight excluding hydrogens is 618 g/mol. The highest BCUT2D eigenvalue weighted by Gasteiger charge is 2.71. The minimum Gasteiger partial charge on any atom is -0.482 e. The predicted octanol–water partition coefficient (Wildman–Crippen LogP) is 5.36. The molecule has 3 heterocycles. The van der Waals surface area contributed by atoms with Crippen LogP contribution in [0.1, 0.15) is 81.5 Å². The van der Waals surface area contributed by atoms with Crippen LogP contribution in [-0.4, -0.2) is 52.4 Å². The van der Waals surface area contributed by atoms with Gasteiger partial charge in [-0.15, -0.1) is 0 Å². The molecule has 2 aliphatic carbocycles. The van der Waals surface area contributed by atoms with Crippen LogP contribution in [0.2, 0.25) is 0 Å². The number of rotatable bonds is 6. The number of nitrogens with zero attached hydrogens (tertiary/aromatic N) is 1. The Labute approximate surface area is 278 Å². The lowest BCUT2D eigenvalue weighted by molar-refractivity contribution is -0.266. The summed E-state index contributed by atoms with van der Waals surface area (Å²) in [5.41, 5.74) is -2.06. The van der Waals surface area contributed by atoms with Crippen LogP contribution in [0.15, 0.2) is 64.1 Å². The van der Waals surface area contributed by atoms with Crippen molar-refractivity contribution in [2.75, 3.05) is 6.61 Å². The Bertz CT molecular complexity index is 1800. The highest BCUT2D eigenvalue weighted by Crippen LogP contribution is 2.67. The molecule has 2 saturated carbocycles. The monoisotopic (exact) mass is 659 g/mol. The Hall–Kier alpha value is -4.51. The average Bonchev–Trinajstić information content (AvgIpc) is 3.02. The summed E-state index contributed by atoms with van der Waals surface area (Å²) in [6, 6.07) is 12.1. The van der Waals surface area contributed by atoms with Crippen molar-refractivity contribution in [1.29, 1.82) is 0 Å². The maximum atomic E-state index is 13.8. The predicted molar refractivity (Wildman–Crippen MR) is 172 cm³/mol. The van der Waals surface area contributed by atoms with Crippen molar-refractivity contribution in [3.05, 3.63) is 82.0 Å². The number of carbonyl (C=O) groups excluding carboxylic acids is 3. The maximum absolute atomic E-state index is 13.8. The third-order valence-electron chi connectivity index (χ3n) is 10.9. The molecule has 1 aromatic carbocycles. The molecule has 3 aromatic rings. The van der Waals surface area contributed by atoms with Crippen LogP contribution in [0, 0.1) is 29.6 Å². The molecule has 2 fully saturated rings. The molecular formula is C37H41NO10. The number of aryl methyl sites for hydroxylation is 1. The second-order valence-corrected chi connectivity index (χ2v) is 14.1. The molecule has 0 amide bonds. The first-order valence-corrected chi connectivity index (χ1v) is 16.2. The molecule has 2 aromatic heterocycles. The Balaban J connectivity index is 1.51. The van der Waals surface area contributed by atoms with E-state index in [-0.39, 0.29) is 30.1 Å². The van der Waals surface area contributed by atoms with Gasteiger partial charge in [-0.25, -0.2) is 9.59 Å². The smallest absolute Gasteiger partial charge is 0.345 e. The fraction of sp³-hybridized carbons (Fsp3) is 0.486. The van der Waals surface area contributed by atoms with Gasteiger partial charge in [-0.3, -0.25) is 14.6 Å². The molecule has 11 nitrogen and oxygen atoms in total. The minimum absolute atomic E-state index is 0.0282. The van der Waals surface area contributed by atoms with Crippen molar-refractivity contribution >= 4 is 17.9 Å².